The van der Waals surface area contributed by atoms with Crippen LogP contribution < -0.4 is 5.32 Å². The third kappa shape index (κ3) is 5.82. The van der Waals surface area contributed by atoms with E-state index in [0.29, 0.717) is 5.92 Å². The van der Waals surface area contributed by atoms with Crippen LogP contribution >= 0.6 is 24.0 Å². The van der Waals surface area contributed by atoms with Crippen molar-refractivity contribution in [1.29, 1.82) is 0 Å². The van der Waals surface area contributed by atoms with Crippen molar-refractivity contribution in [3.8, 4) is 0 Å². The number of fused-ring (bicyclic) bond motifs is 1. The minimum atomic E-state index is 0. The van der Waals surface area contributed by atoms with Crippen molar-refractivity contribution in [2.45, 2.75) is 32.9 Å². The van der Waals surface area contributed by atoms with Crippen molar-refractivity contribution in [3.05, 3.63) is 35.4 Å². The molecule has 26 heavy (non-hydrogen) atoms. The van der Waals surface area contributed by atoms with Crippen LogP contribution in [0.25, 0.3) is 0 Å². The second-order valence-corrected chi connectivity index (χ2v) is 7.51. The van der Waals surface area contributed by atoms with Gasteiger partial charge in [0.1, 0.15) is 0 Å². The maximum Gasteiger partial charge on any atom is 0.194 e. The molecule has 0 spiro atoms. The highest BCUT2D eigenvalue weighted by Gasteiger charge is 2.23. The van der Waals surface area contributed by atoms with Gasteiger partial charge in [-0.1, -0.05) is 38.1 Å². The molecule has 6 heteroatoms. The summed E-state index contributed by atoms with van der Waals surface area (Å²) < 4.78 is 5.95. The highest BCUT2D eigenvalue weighted by Crippen LogP contribution is 2.18. The standard InChI is InChI=1S/C20H32N4O.HI/c1-16(2)13-23-10-11-25-19(15-23)12-22-20(21-3)24-9-8-17-6-4-5-7-18(17)14-24;/h4-7,16,19H,8-15H2,1-3H3,(H,21,22);1H. The monoisotopic (exact) mass is 472 g/mol. The molecule has 146 valence electrons. The van der Waals surface area contributed by atoms with Crippen LogP contribution in [0, 0.1) is 5.92 Å². The summed E-state index contributed by atoms with van der Waals surface area (Å²) in [7, 11) is 1.87. The van der Waals surface area contributed by atoms with Crippen molar-refractivity contribution < 1.29 is 4.74 Å². The van der Waals surface area contributed by atoms with E-state index < -0.39 is 0 Å². The smallest absolute Gasteiger partial charge is 0.194 e. The van der Waals surface area contributed by atoms with E-state index in [0.717, 1.165) is 58.3 Å². The highest BCUT2D eigenvalue weighted by atomic mass is 127. The third-order valence-corrected chi connectivity index (χ3v) is 4.98. The van der Waals surface area contributed by atoms with Gasteiger partial charge >= 0.3 is 0 Å². The summed E-state index contributed by atoms with van der Waals surface area (Å²) in [6.07, 6.45) is 1.32. The maximum absolute atomic E-state index is 5.95. The lowest BCUT2D eigenvalue weighted by Crippen LogP contribution is -2.51. The number of halogens is 1. The van der Waals surface area contributed by atoms with Crippen molar-refractivity contribution >= 4 is 29.9 Å². The number of aliphatic imine (C=N–C) groups is 1. The van der Waals surface area contributed by atoms with Gasteiger partial charge in [-0.05, 0) is 23.5 Å². The number of guanidine groups is 1. The van der Waals surface area contributed by atoms with Gasteiger partial charge in [-0.15, -0.1) is 24.0 Å². The zero-order valence-corrected chi connectivity index (χ0v) is 18.6. The van der Waals surface area contributed by atoms with Gasteiger partial charge < -0.3 is 15.0 Å². The minimum Gasteiger partial charge on any atom is -0.374 e. The average Bonchev–Trinajstić information content (AvgIpc) is 2.62. The Labute approximate surface area is 175 Å². The van der Waals surface area contributed by atoms with Gasteiger partial charge in [-0.2, -0.15) is 0 Å². The van der Waals surface area contributed by atoms with E-state index in [1.165, 1.54) is 11.1 Å². The molecular weight excluding hydrogens is 439 g/mol. The van der Waals surface area contributed by atoms with Crippen LogP contribution in [0.2, 0.25) is 0 Å². The molecule has 0 saturated carbocycles. The molecule has 2 heterocycles. The molecule has 2 aliphatic rings. The molecule has 1 aromatic carbocycles. The van der Waals surface area contributed by atoms with Crippen molar-refractivity contribution in [1.82, 2.24) is 15.1 Å². The maximum atomic E-state index is 5.95. The average molecular weight is 472 g/mol. The summed E-state index contributed by atoms with van der Waals surface area (Å²) in [4.78, 5) is 9.36. The first-order chi connectivity index (χ1) is 12.2. The summed E-state index contributed by atoms with van der Waals surface area (Å²) in [6, 6.07) is 8.72. The first kappa shape index (κ1) is 21.4. The van der Waals surface area contributed by atoms with Gasteiger partial charge in [0.05, 0.1) is 12.7 Å². The fourth-order valence-electron chi connectivity index (χ4n) is 3.80. The Kier molecular flexibility index (Phi) is 8.63. The highest BCUT2D eigenvalue weighted by molar-refractivity contribution is 14.0. The predicted molar refractivity (Wildman–Crippen MR) is 118 cm³/mol. The normalized spacial score (nSPS) is 21.3. The Balaban J connectivity index is 0.00000243. The summed E-state index contributed by atoms with van der Waals surface area (Å²) in [5.41, 5.74) is 2.88. The Morgan fingerprint density at radius 1 is 1.27 bits per heavy atom. The van der Waals surface area contributed by atoms with Gasteiger partial charge in [-0.3, -0.25) is 9.89 Å². The van der Waals surface area contributed by atoms with E-state index in [-0.39, 0.29) is 30.1 Å². The van der Waals surface area contributed by atoms with Gasteiger partial charge in [0.2, 0.25) is 0 Å². The molecule has 0 aliphatic carbocycles. The van der Waals surface area contributed by atoms with Crippen LogP contribution in [-0.2, 0) is 17.7 Å². The van der Waals surface area contributed by atoms with E-state index in [4.69, 9.17) is 4.74 Å². The Bertz CT molecular complexity index is 593. The van der Waals surface area contributed by atoms with Gasteiger partial charge in [0.15, 0.2) is 5.96 Å². The van der Waals surface area contributed by atoms with Crippen LogP contribution in [0.5, 0.6) is 0 Å². The zero-order valence-electron chi connectivity index (χ0n) is 16.3. The number of ether oxygens (including phenoxy) is 1. The molecule has 3 rings (SSSR count). The Morgan fingerprint density at radius 3 is 2.77 bits per heavy atom. The molecule has 1 atom stereocenters. The van der Waals surface area contributed by atoms with Crippen LogP contribution in [0.15, 0.2) is 29.3 Å². The van der Waals surface area contributed by atoms with Crippen LogP contribution in [-0.4, -0.2) is 68.2 Å². The zero-order chi connectivity index (χ0) is 17.6. The lowest BCUT2D eigenvalue weighted by Gasteiger charge is -2.36. The quantitative estimate of drug-likeness (QED) is 0.416. The van der Waals surface area contributed by atoms with Crippen molar-refractivity contribution in [2.75, 3.05) is 46.4 Å². The molecule has 0 radical (unpaired) electrons. The molecule has 0 amide bonds. The number of nitrogens with one attached hydrogen (secondary N) is 1. The van der Waals surface area contributed by atoms with Crippen LogP contribution in [0.3, 0.4) is 0 Å². The van der Waals surface area contributed by atoms with E-state index in [1.807, 2.05) is 7.05 Å². The van der Waals surface area contributed by atoms with Crippen LogP contribution in [0.1, 0.15) is 25.0 Å². The Hall–Kier alpha value is -0.860. The number of rotatable bonds is 4. The number of morpholine rings is 1. The number of hydrogen-bond donors (Lipinski definition) is 1. The van der Waals surface area contributed by atoms with E-state index in [9.17, 15) is 0 Å². The second kappa shape index (κ2) is 10.5. The first-order valence-electron chi connectivity index (χ1n) is 9.52. The molecule has 5 nitrogen and oxygen atoms in total. The molecule has 1 fully saturated rings. The van der Waals surface area contributed by atoms with Gasteiger partial charge in [-0.25, -0.2) is 0 Å². The molecule has 1 aromatic rings. The van der Waals surface area contributed by atoms with Gasteiger partial charge in [0.25, 0.3) is 0 Å². The largest absolute Gasteiger partial charge is 0.374 e. The predicted octanol–water partition coefficient (Wildman–Crippen LogP) is 2.59. The lowest BCUT2D eigenvalue weighted by molar-refractivity contribution is -0.0286. The summed E-state index contributed by atoms with van der Waals surface area (Å²) in [6.45, 7) is 11.4. The summed E-state index contributed by atoms with van der Waals surface area (Å²) in [5.74, 6) is 1.69. The fourth-order valence-corrected chi connectivity index (χ4v) is 3.80. The molecule has 1 unspecified atom stereocenters. The second-order valence-electron chi connectivity index (χ2n) is 7.51. The molecule has 0 aromatic heterocycles. The van der Waals surface area contributed by atoms with Gasteiger partial charge in [0, 0.05) is 46.3 Å². The van der Waals surface area contributed by atoms with Crippen molar-refractivity contribution in [3.63, 3.8) is 0 Å². The fraction of sp³-hybridized carbons (Fsp3) is 0.650. The molecule has 1 N–H and O–H groups in total. The molecule has 2 aliphatic heterocycles. The van der Waals surface area contributed by atoms with Crippen LogP contribution in [0.4, 0.5) is 0 Å². The topological polar surface area (TPSA) is 40.1 Å². The number of benzene rings is 1. The Morgan fingerprint density at radius 2 is 2.04 bits per heavy atom. The van der Waals surface area contributed by atoms with E-state index in [2.05, 4.69) is 58.2 Å². The molecular formula is C20H33IN4O. The summed E-state index contributed by atoms with van der Waals surface area (Å²) in [5, 5.41) is 3.54. The number of hydrogen-bond acceptors (Lipinski definition) is 3. The lowest BCUT2D eigenvalue weighted by atomic mass is 10.0. The minimum absolute atomic E-state index is 0. The van der Waals surface area contributed by atoms with E-state index in [1.54, 1.807) is 0 Å². The molecule has 1 saturated heterocycles. The SMILES string of the molecule is CN=C(NCC1CN(CC(C)C)CCO1)N1CCc2ccccc2C1.I. The number of nitrogens with zero attached hydrogens (tertiary/aromatic N) is 3. The molecule has 0 bridgehead atoms. The first-order valence-corrected chi connectivity index (χ1v) is 9.52. The third-order valence-electron chi connectivity index (χ3n) is 4.98. The van der Waals surface area contributed by atoms with Crippen molar-refractivity contribution in [2.24, 2.45) is 10.9 Å². The van der Waals surface area contributed by atoms with E-state index >= 15 is 0 Å². The summed E-state index contributed by atoms with van der Waals surface area (Å²) >= 11 is 0.